The zero-order valence-electron chi connectivity index (χ0n) is 24.7. The number of β-amino-alcohol motifs (C(OH)–C–C–N with tert-alkyl or cyclic N) is 1. The van der Waals surface area contributed by atoms with E-state index >= 15 is 0 Å². The number of nitrogens with zero attached hydrogens (tertiary/aromatic N) is 2. The predicted octanol–water partition coefficient (Wildman–Crippen LogP) is 3.07. The quantitative estimate of drug-likeness (QED) is 0.205. The van der Waals surface area contributed by atoms with Gasteiger partial charge in [-0.1, -0.05) is 45.0 Å². The topological polar surface area (TPSA) is 133 Å². The molecule has 1 aromatic carbocycles. The molecule has 0 spiro atoms. The Morgan fingerprint density at radius 2 is 1.85 bits per heavy atom. The molecule has 0 saturated carbocycles. The molecule has 1 amide bonds. The lowest BCUT2D eigenvalue weighted by atomic mass is 9.86. The van der Waals surface area contributed by atoms with Gasteiger partial charge in [-0.15, -0.1) is 11.3 Å². The van der Waals surface area contributed by atoms with Gasteiger partial charge < -0.3 is 30.3 Å². The van der Waals surface area contributed by atoms with Gasteiger partial charge in [0.05, 0.1) is 54.5 Å². The van der Waals surface area contributed by atoms with Crippen LogP contribution in [0.15, 0.2) is 29.8 Å². The van der Waals surface area contributed by atoms with E-state index < -0.39 is 12.1 Å². The molecule has 11 heteroatoms. The second kappa shape index (κ2) is 16.3. The molecule has 1 aliphatic rings. The summed E-state index contributed by atoms with van der Waals surface area (Å²) in [6.45, 7) is 12.4. The highest BCUT2D eigenvalue weighted by Crippen LogP contribution is 2.28. The van der Waals surface area contributed by atoms with Crippen LogP contribution in [0, 0.1) is 12.3 Å². The molecule has 0 bridgehead atoms. The van der Waals surface area contributed by atoms with Gasteiger partial charge in [-0.05, 0) is 42.9 Å². The van der Waals surface area contributed by atoms with Crippen molar-refractivity contribution in [2.75, 3.05) is 46.1 Å². The van der Waals surface area contributed by atoms with Crippen LogP contribution in [-0.4, -0.2) is 96.2 Å². The number of nitrogens with one attached hydrogen (secondary N) is 2. The number of likely N-dealkylation sites (tertiary alicyclic amines) is 1. The first kappa shape index (κ1) is 33.1. The fourth-order valence-electron chi connectivity index (χ4n) is 4.82. The number of aliphatic hydroxyl groups excluding tert-OH is 1. The molecule has 2 heterocycles. The Hall–Kier alpha value is -2.41. The molecular weight excluding hydrogens is 544 g/mol. The van der Waals surface area contributed by atoms with Crippen LogP contribution in [-0.2, 0) is 25.6 Å². The number of carbonyl (C=O) groups is 2. The van der Waals surface area contributed by atoms with Crippen LogP contribution in [0.3, 0.4) is 0 Å². The summed E-state index contributed by atoms with van der Waals surface area (Å²) in [7, 11) is 0. The van der Waals surface area contributed by atoms with Crippen LogP contribution >= 0.6 is 11.3 Å². The highest BCUT2D eigenvalue weighted by molar-refractivity contribution is 7.13. The molecule has 4 N–H and O–H groups in total. The van der Waals surface area contributed by atoms with Gasteiger partial charge in [0.15, 0.2) is 0 Å². The van der Waals surface area contributed by atoms with E-state index in [2.05, 4.69) is 53.4 Å². The molecule has 0 aliphatic carbocycles. The first-order valence-corrected chi connectivity index (χ1v) is 15.2. The van der Waals surface area contributed by atoms with Gasteiger partial charge in [-0.2, -0.15) is 0 Å². The summed E-state index contributed by atoms with van der Waals surface area (Å²) in [4.78, 5) is 31.3. The molecule has 1 aliphatic heterocycles. The standard InChI is InChI=1S/C30H46N4O6S/c1-21-28(41-20-33-21)23-8-6-22(7-9-23)17-32-29(38)25-16-24(35)18-34(25)19-26(30(2,3)4)31-11-5-12-39-14-15-40-13-10-27(36)37/h6-9,20,24-26,31,35H,5,10-19H2,1-4H3,(H,32,38)(H,36,37)/t24-,25+,26-/m1/s1. The molecule has 41 heavy (non-hydrogen) atoms. The maximum atomic E-state index is 13.2. The van der Waals surface area contributed by atoms with E-state index in [1.165, 1.54) is 0 Å². The van der Waals surface area contributed by atoms with E-state index in [-0.39, 0.29) is 36.4 Å². The van der Waals surface area contributed by atoms with E-state index in [9.17, 15) is 14.7 Å². The minimum absolute atomic E-state index is 0.00319. The Morgan fingerprint density at radius 1 is 1.15 bits per heavy atom. The Labute approximate surface area is 247 Å². The van der Waals surface area contributed by atoms with Crippen molar-refractivity contribution in [3.63, 3.8) is 0 Å². The number of aromatic nitrogens is 1. The Bertz CT molecular complexity index is 1090. The summed E-state index contributed by atoms with van der Waals surface area (Å²) in [6, 6.07) is 7.94. The van der Waals surface area contributed by atoms with Gasteiger partial charge >= 0.3 is 5.97 Å². The Balaban J connectivity index is 1.43. The molecule has 3 rings (SSSR count). The summed E-state index contributed by atoms with van der Waals surface area (Å²) in [5.41, 5.74) is 4.97. The van der Waals surface area contributed by atoms with Crippen molar-refractivity contribution < 1.29 is 29.3 Å². The minimum atomic E-state index is -0.870. The third kappa shape index (κ3) is 11.1. The molecular formula is C30H46N4O6S. The van der Waals surface area contributed by atoms with Crippen molar-refractivity contribution in [3.8, 4) is 10.4 Å². The van der Waals surface area contributed by atoms with E-state index in [1.54, 1.807) is 11.3 Å². The van der Waals surface area contributed by atoms with Crippen LogP contribution < -0.4 is 10.6 Å². The highest BCUT2D eigenvalue weighted by Gasteiger charge is 2.38. The van der Waals surface area contributed by atoms with Crippen molar-refractivity contribution in [2.45, 2.75) is 71.7 Å². The zero-order valence-corrected chi connectivity index (χ0v) is 25.5. The molecule has 10 nitrogen and oxygen atoms in total. The number of aliphatic carboxylic acids is 1. The zero-order chi connectivity index (χ0) is 29.8. The van der Waals surface area contributed by atoms with Gasteiger partial charge in [0, 0.05) is 32.3 Å². The number of rotatable bonds is 17. The third-order valence-electron chi connectivity index (χ3n) is 7.26. The maximum Gasteiger partial charge on any atom is 0.305 e. The average molecular weight is 591 g/mol. The SMILES string of the molecule is Cc1ncsc1-c1ccc(CNC(=O)[C@@H]2C[C@@H](O)CN2C[C@@H](NCCCOCCOCCC(=O)O)C(C)(C)C)cc1. The number of carbonyl (C=O) groups excluding carboxylic acids is 1. The largest absolute Gasteiger partial charge is 0.481 e. The number of hydrogen-bond acceptors (Lipinski definition) is 9. The van der Waals surface area contributed by atoms with Gasteiger partial charge in [0.25, 0.3) is 0 Å². The summed E-state index contributed by atoms with van der Waals surface area (Å²) >= 11 is 1.62. The van der Waals surface area contributed by atoms with Crippen molar-refractivity contribution in [3.05, 3.63) is 41.0 Å². The summed E-state index contributed by atoms with van der Waals surface area (Å²) < 4.78 is 10.8. The van der Waals surface area contributed by atoms with E-state index in [0.717, 1.165) is 34.7 Å². The average Bonchev–Trinajstić information content (AvgIpc) is 3.51. The van der Waals surface area contributed by atoms with E-state index in [4.69, 9.17) is 14.6 Å². The molecule has 1 aromatic heterocycles. The fraction of sp³-hybridized carbons (Fsp3) is 0.633. The van der Waals surface area contributed by atoms with Crippen molar-refractivity contribution in [2.24, 2.45) is 5.41 Å². The lowest BCUT2D eigenvalue weighted by Crippen LogP contribution is -2.52. The smallest absolute Gasteiger partial charge is 0.305 e. The fourth-order valence-corrected chi connectivity index (χ4v) is 5.64. The normalized spacial score (nSPS) is 18.5. The molecule has 3 atom stereocenters. The van der Waals surface area contributed by atoms with Crippen LogP contribution in [0.5, 0.6) is 0 Å². The number of carboxylic acids is 1. The first-order chi connectivity index (χ1) is 19.5. The van der Waals surface area contributed by atoms with Gasteiger partial charge in [-0.3, -0.25) is 14.5 Å². The molecule has 2 aromatic rings. The van der Waals surface area contributed by atoms with Gasteiger partial charge in [0.2, 0.25) is 5.91 Å². The van der Waals surface area contributed by atoms with Crippen LogP contribution in [0.4, 0.5) is 0 Å². The second-order valence-electron chi connectivity index (χ2n) is 11.6. The van der Waals surface area contributed by atoms with Crippen molar-refractivity contribution in [1.82, 2.24) is 20.5 Å². The summed E-state index contributed by atoms with van der Waals surface area (Å²) in [6.07, 6.45) is 0.709. The lowest BCUT2D eigenvalue weighted by molar-refractivity contribution is -0.138. The second-order valence-corrected chi connectivity index (χ2v) is 12.5. The number of aliphatic hydroxyl groups is 1. The molecule has 0 unspecified atom stereocenters. The lowest BCUT2D eigenvalue weighted by Gasteiger charge is -2.36. The number of hydrogen-bond donors (Lipinski definition) is 4. The number of benzene rings is 1. The molecule has 228 valence electrons. The van der Waals surface area contributed by atoms with Crippen molar-refractivity contribution >= 4 is 23.2 Å². The minimum Gasteiger partial charge on any atom is -0.481 e. The first-order valence-electron chi connectivity index (χ1n) is 14.3. The number of carboxylic acid groups (broad SMARTS) is 1. The number of aryl methyl sites for hydroxylation is 1. The monoisotopic (exact) mass is 590 g/mol. The molecule has 1 saturated heterocycles. The van der Waals surface area contributed by atoms with Crippen molar-refractivity contribution in [1.29, 1.82) is 0 Å². The number of thiazole rings is 1. The third-order valence-corrected chi connectivity index (χ3v) is 8.24. The van der Waals surface area contributed by atoms with E-state index in [0.29, 0.717) is 45.9 Å². The van der Waals surface area contributed by atoms with Gasteiger partial charge in [-0.25, -0.2) is 4.98 Å². The van der Waals surface area contributed by atoms with Crippen LogP contribution in [0.2, 0.25) is 0 Å². The Morgan fingerprint density at radius 3 is 2.49 bits per heavy atom. The van der Waals surface area contributed by atoms with Crippen LogP contribution in [0.25, 0.3) is 10.4 Å². The molecule has 1 fully saturated rings. The van der Waals surface area contributed by atoms with Gasteiger partial charge in [0.1, 0.15) is 0 Å². The summed E-state index contributed by atoms with van der Waals surface area (Å²) in [5.74, 6) is -0.930. The van der Waals surface area contributed by atoms with Crippen LogP contribution in [0.1, 0.15) is 51.3 Å². The molecule has 0 radical (unpaired) electrons. The predicted molar refractivity (Wildman–Crippen MR) is 160 cm³/mol. The Kier molecular flexibility index (Phi) is 13.1. The summed E-state index contributed by atoms with van der Waals surface area (Å²) in [5, 5.41) is 25.8. The number of ether oxygens (including phenoxy) is 2. The van der Waals surface area contributed by atoms with E-state index in [1.807, 2.05) is 24.6 Å². The maximum absolute atomic E-state index is 13.2. The number of amides is 1. The highest BCUT2D eigenvalue weighted by atomic mass is 32.1.